The van der Waals surface area contributed by atoms with Crippen molar-refractivity contribution in [2.75, 3.05) is 0 Å². The molecule has 0 bridgehead atoms. The lowest BCUT2D eigenvalue weighted by Crippen LogP contribution is -2.34. The summed E-state index contributed by atoms with van der Waals surface area (Å²) < 4.78 is 0. The Balaban J connectivity index is 1.45. The molecular formula is C22H25N5O. The van der Waals surface area contributed by atoms with Crippen LogP contribution in [0.5, 0.6) is 0 Å². The van der Waals surface area contributed by atoms with Crippen molar-refractivity contribution in [2.24, 2.45) is 5.92 Å². The van der Waals surface area contributed by atoms with Crippen LogP contribution < -0.4 is 5.32 Å². The molecule has 0 unspecified atom stereocenters. The summed E-state index contributed by atoms with van der Waals surface area (Å²) in [6.45, 7) is 0.340. The molecule has 1 saturated carbocycles. The van der Waals surface area contributed by atoms with Gasteiger partial charge in [-0.2, -0.15) is 5.10 Å². The molecule has 6 heteroatoms. The Hall–Kier alpha value is -3.02. The van der Waals surface area contributed by atoms with Crippen LogP contribution in [-0.2, 0) is 11.3 Å². The van der Waals surface area contributed by atoms with Gasteiger partial charge in [0, 0.05) is 18.0 Å². The summed E-state index contributed by atoms with van der Waals surface area (Å²) in [7, 11) is 0. The van der Waals surface area contributed by atoms with E-state index in [1.807, 2.05) is 30.3 Å². The predicted octanol–water partition coefficient (Wildman–Crippen LogP) is 3.85. The highest BCUT2D eigenvalue weighted by Crippen LogP contribution is 2.36. The zero-order chi connectivity index (χ0) is 19.2. The lowest BCUT2D eigenvalue weighted by Gasteiger charge is -2.29. The van der Waals surface area contributed by atoms with Gasteiger partial charge in [0.1, 0.15) is 5.82 Å². The molecule has 0 saturated heterocycles. The summed E-state index contributed by atoms with van der Waals surface area (Å²) in [5, 5.41) is 10.2. The van der Waals surface area contributed by atoms with E-state index in [0.717, 1.165) is 24.0 Å². The van der Waals surface area contributed by atoms with Crippen molar-refractivity contribution in [1.82, 2.24) is 25.5 Å². The van der Waals surface area contributed by atoms with Gasteiger partial charge in [-0.25, -0.2) is 4.98 Å². The summed E-state index contributed by atoms with van der Waals surface area (Å²) in [5.41, 5.74) is 2.00. The van der Waals surface area contributed by atoms with Gasteiger partial charge in [0.2, 0.25) is 5.91 Å². The van der Waals surface area contributed by atoms with Crippen LogP contribution in [-0.4, -0.2) is 26.1 Å². The second kappa shape index (κ2) is 8.78. The first-order chi connectivity index (χ1) is 13.8. The number of hydrogen-bond acceptors (Lipinski definition) is 4. The van der Waals surface area contributed by atoms with Gasteiger partial charge in [0.15, 0.2) is 5.82 Å². The highest BCUT2D eigenvalue weighted by Gasteiger charge is 2.30. The molecular weight excluding hydrogens is 350 g/mol. The van der Waals surface area contributed by atoms with Crippen LogP contribution in [0.15, 0.2) is 54.9 Å². The average molecular weight is 375 g/mol. The Kier molecular flexibility index (Phi) is 5.75. The fourth-order valence-corrected chi connectivity index (χ4v) is 4.05. The van der Waals surface area contributed by atoms with Crippen molar-refractivity contribution in [3.05, 3.63) is 66.2 Å². The maximum atomic E-state index is 13.1. The summed E-state index contributed by atoms with van der Waals surface area (Å²) in [5.74, 6) is 1.62. The Morgan fingerprint density at radius 1 is 1.07 bits per heavy atom. The van der Waals surface area contributed by atoms with Crippen molar-refractivity contribution in [1.29, 1.82) is 0 Å². The third-order valence-electron chi connectivity index (χ3n) is 5.46. The molecule has 1 aromatic carbocycles. The second-order valence-electron chi connectivity index (χ2n) is 7.35. The molecule has 3 aromatic rings. The number of aromatic amines is 1. The molecule has 1 aliphatic rings. The van der Waals surface area contributed by atoms with Crippen molar-refractivity contribution < 1.29 is 4.79 Å². The highest BCUT2D eigenvalue weighted by atomic mass is 16.1. The topological polar surface area (TPSA) is 83.6 Å². The van der Waals surface area contributed by atoms with Crippen LogP contribution >= 0.6 is 0 Å². The number of nitrogens with zero attached hydrogens (tertiary/aromatic N) is 3. The third-order valence-corrected chi connectivity index (χ3v) is 5.46. The molecule has 1 atom stereocenters. The van der Waals surface area contributed by atoms with E-state index in [4.69, 9.17) is 0 Å². The minimum Gasteiger partial charge on any atom is -0.348 e. The Morgan fingerprint density at radius 2 is 1.82 bits per heavy atom. The SMILES string of the molecule is O=C(NCc1nc(-c2ccncc2)n[nH]1)[C@H](c1ccccc1)C1CCCCC1. The van der Waals surface area contributed by atoms with Crippen LogP contribution in [0, 0.1) is 5.92 Å². The number of H-pyrrole nitrogens is 1. The van der Waals surface area contributed by atoms with Crippen LogP contribution in [0.2, 0.25) is 0 Å². The van der Waals surface area contributed by atoms with E-state index in [9.17, 15) is 4.79 Å². The van der Waals surface area contributed by atoms with E-state index in [1.54, 1.807) is 12.4 Å². The van der Waals surface area contributed by atoms with Crippen LogP contribution in [0.25, 0.3) is 11.4 Å². The minimum atomic E-state index is -0.107. The Morgan fingerprint density at radius 3 is 2.57 bits per heavy atom. The molecule has 2 N–H and O–H groups in total. The first kappa shape index (κ1) is 18.3. The Labute approximate surface area is 164 Å². The fraction of sp³-hybridized carbons (Fsp3) is 0.364. The number of pyridine rings is 1. The van der Waals surface area contributed by atoms with E-state index in [0.29, 0.717) is 24.1 Å². The molecule has 2 heterocycles. The van der Waals surface area contributed by atoms with Crippen molar-refractivity contribution >= 4 is 5.91 Å². The number of hydrogen-bond donors (Lipinski definition) is 2. The molecule has 1 aliphatic carbocycles. The smallest absolute Gasteiger partial charge is 0.228 e. The number of aromatic nitrogens is 4. The first-order valence-corrected chi connectivity index (χ1v) is 9.95. The predicted molar refractivity (Wildman–Crippen MR) is 107 cm³/mol. The number of carbonyl (C=O) groups is 1. The van der Waals surface area contributed by atoms with Gasteiger partial charge in [-0.1, -0.05) is 49.6 Å². The number of benzene rings is 1. The number of carbonyl (C=O) groups excluding carboxylic acids is 1. The van der Waals surface area contributed by atoms with Crippen molar-refractivity contribution in [3.8, 4) is 11.4 Å². The van der Waals surface area contributed by atoms with E-state index >= 15 is 0 Å². The maximum Gasteiger partial charge on any atom is 0.228 e. The lowest BCUT2D eigenvalue weighted by molar-refractivity contribution is -0.124. The summed E-state index contributed by atoms with van der Waals surface area (Å²) in [6, 6.07) is 13.9. The second-order valence-corrected chi connectivity index (χ2v) is 7.35. The van der Waals surface area contributed by atoms with Gasteiger partial charge in [-0.05, 0) is 36.5 Å². The molecule has 0 aliphatic heterocycles. The van der Waals surface area contributed by atoms with Gasteiger partial charge < -0.3 is 5.32 Å². The van der Waals surface area contributed by atoms with Crippen molar-refractivity contribution in [3.63, 3.8) is 0 Å². The lowest BCUT2D eigenvalue weighted by atomic mass is 9.76. The third kappa shape index (κ3) is 4.27. The van der Waals surface area contributed by atoms with Crippen LogP contribution in [0.1, 0.15) is 49.4 Å². The van der Waals surface area contributed by atoms with E-state index < -0.39 is 0 Å². The zero-order valence-corrected chi connectivity index (χ0v) is 15.8. The van der Waals surface area contributed by atoms with Crippen molar-refractivity contribution in [2.45, 2.75) is 44.6 Å². The standard InChI is InChI=1S/C22H25N5O/c28-22(20(16-7-3-1-4-8-16)17-9-5-2-6-10-17)24-15-19-25-21(27-26-19)18-11-13-23-14-12-18/h1,3-4,7-8,11-14,17,20H,2,5-6,9-10,15H2,(H,24,28)(H,25,26,27)/t20-/m1/s1. The van der Waals surface area contributed by atoms with Gasteiger partial charge >= 0.3 is 0 Å². The van der Waals surface area contributed by atoms with Gasteiger partial charge in [-0.15, -0.1) is 0 Å². The molecule has 1 fully saturated rings. The van der Waals surface area contributed by atoms with E-state index in [-0.39, 0.29) is 11.8 Å². The zero-order valence-electron chi connectivity index (χ0n) is 15.8. The maximum absolute atomic E-state index is 13.1. The average Bonchev–Trinajstić information content (AvgIpc) is 3.24. The number of rotatable bonds is 6. The number of nitrogens with one attached hydrogen (secondary N) is 2. The van der Waals surface area contributed by atoms with Gasteiger partial charge in [0.05, 0.1) is 12.5 Å². The van der Waals surface area contributed by atoms with Gasteiger partial charge in [0.25, 0.3) is 0 Å². The fourth-order valence-electron chi connectivity index (χ4n) is 4.05. The van der Waals surface area contributed by atoms with E-state index in [1.165, 1.54) is 19.3 Å². The summed E-state index contributed by atoms with van der Waals surface area (Å²) in [6.07, 6.45) is 9.33. The Bertz CT molecular complexity index is 888. The molecule has 28 heavy (non-hydrogen) atoms. The minimum absolute atomic E-state index is 0.0694. The number of amides is 1. The largest absolute Gasteiger partial charge is 0.348 e. The quantitative estimate of drug-likeness (QED) is 0.685. The molecule has 144 valence electrons. The first-order valence-electron chi connectivity index (χ1n) is 9.95. The molecule has 4 rings (SSSR count). The summed E-state index contributed by atoms with van der Waals surface area (Å²) >= 11 is 0. The normalized spacial score (nSPS) is 15.9. The monoisotopic (exact) mass is 375 g/mol. The molecule has 6 nitrogen and oxygen atoms in total. The van der Waals surface area contributed by atoms with Gasteiger partial charge in [-0.3, -0.25) is 14.9 Å². The highest BCUT2D eigenvalue weighted by molar-refractivity contribution is 5.84. The summed E-state index contributed by atoms with van der Waals surface area (Å²) in [4.78, 5) is 21.6. The molecule has 0 spiro atoms. The molecule has 0 radical (unpaired) electrons. The van der Waals surface area contributed by atoms with E-state index in [2.05, 4.69) is 37.6 Å². The van der Waals surface area contributed by atoms with Crippen LogP contribution in [0.4, 0.5) is 0 Å². The molecule has 2 aromatic heterocycles. The molecule has 1 amide bonds. The van der Waals surface area contributed by atoms with Crippen LogP contribution in [0.3, 0.4) is 0 Å².